The van der Waals surface area contributed by atoms with E-state index in [9.17, 15) is 4.79 Å². The minimum Gasteiger partial charge on any atom is -0.465 e. The fraction of sp³-hybridized carbons (Fsp3) is 0.562. The predicted molar refractivity (Wildman–Crippen MR) is 85.5 cm³/mol. The Morgan fingerprint density at radius 3 is 2.75 bits per heavy atom. The van der Waals surface area contributed by atoms with Crippen molar-refractivity contribution in [2.75, 3.05) is 7.11 Å². The quantitative estimate of drug-likeness (QED) is 0.466. The summed E-state index contributed by atoms with van der Waals surface area (Å²) < 4.78 is 4.60. The fourth-order valence-corrected chi connectivity index (χ4v) is 3.42. The number of carbonyl (C=O) groups excluding carboxylic acids is 1. The Morgan fingerprint density at radius 1 is 1.55 bits per heavy atom. The number of alkyl halides is 1. The lowest BCUT2D eigenvalue weighted by Gasteiger charge is -1.94. The van der Waals surface area contributed by atoms with Crippen LogP contribution in [-0.2, 0) is 11.2 Å². The van der Waals surface area contributed by atoms with Gasteiger partial charge in [-0.15, -0.1) is 35.3 Å². The Morgan fingerprint density at radius 2 is 2.30 bits per heavy atom. The summed E-state index contributed by atoms with van der Waals surface area (Å²) in [6, 6.07) is 3.81. The van der Waals surface area contributed by atoms with Crippen LogP contribution in [0.1, 0.15) is 47.2 Å². The molecule has 4 heteroatoms. The van der Waals surface area contributed by atoms with Gasteiger partial charge in [0.25, 0.3) is 0 Å². The van der Waals surface area contributed by atoms with E-state index in [1.807, 2.05) is 12.1 Å². The molecule has 110 valence electrons. The SMILES string of the molecule is C#CC1CCC(Cl)C1.CCCc1ccc(C(=O)OC)s1. The first kappa shape index (κ1) is 17.1. The molecule has 20 heavy (non-hydrogen) atoms. The van der Waals surface area contributed by atoms with Crippen LogP contribution in [0.5, 0.6) is 0 Å². The van der Waals surface area contributed by atoms with Crippen molar-refractivity contribution in [3.63, 3.8) is 0 Å². The predicted octanol–water partition coefficient (Wildman–Crippen LogP) is 4.51. The number of carbonyl (C=O) groups is 1. The average Bonchev–Trinajstić information content (AvgIpc) is 3.08. The average molecular weight is 313 g/mol. The van der Waals surface area contributed by atoms with E-state index >= 15 is 0 Å². The number of halogens is 1. The zero-order valence-electron chi connectivity index (χ0n) is 12.0. The minimum absolute atomic E-state index is 0.234. The zero-order chi connectivity index (χ0) is 15.0. The molecule has 1 aromatic heterocycles. The highest BCUT2D eigenvalue weighted by atomic mass is 35.5. The minimum atomic E-state index is -0.234. The van der Waals surface area contributed by atoms with Gasteiger partial charge in [-0.25, -0.2) is 4.79 Å². The number of aryl methyl sites for hydroxylation is 1. The molecule has 0 spiro atoms. The van der Waals surface area contributed by atoms with E-state index in [0.29, 0.717) is 16.2 Å². The number of esters is 1. The molecule has 0 bridgehead atoms. The molecular weight excluding hydrogens is 292 g/mol. The van der Waals surface area contributed by atoms with Crippen LogP contribution in [0.25, 0.3) is 0 Å². The van der Waals surface area contributed by atoms with Crippen LogP contribution >= 0.6 is 22.9 Å². The van der Waals surface area contributed by atoms with Gasteiger partial charge in [-0.1, -0.05) is 13.3 Å². The molecule has 1 saturated carbocycles. The third-order valence-corrected chi connectivity index (χ3v) is 4.67. The van der Waals surface area contributed by atoms with E-state index in [1.165, 1.54) is 23.3 Å². The molecule has 0 aromatic carbocycles. The lowest BCUT2D eigenvalue weighted by atomic mass is 10.1. The first-order chi connectivity index (χ1) is 9.60. The normalized spacial score (nSPS) is 20.7. The van der Waals surface area contributed by atoms with Gasteiger partial charge in [0.05, 0.1) is 7.11 Å². The van der Waals surface area contributed by atoms with Crippen molar-refractivity contribution in [3.8, 4) is 12.3 Å². The number of terminal acetylenes is 1. The Labute approximate surface area is 130 Å². The Balaban J connectivity index is 0.000000217. The van der Waals surface area contributed by atoms with Crippen molar-refractivity contribution in [3.05, 3.63) is 21.9 Å². The molecule has 1 aliphatic carbocycles. The van der Waals surface area contributed by atoms with Gasteiger partial charge in [0.15, 0.2) is 0 Å². The van der Waals surface area contributed by atoms with Gasteiger partial charge in [0.1, 0.15) is 4.88 Å². The number of thiophene rings is 1. The van der Waals surface area contributed by atoms with Crippen molar-refractivity contribution in [2.24, 2.45) is 5.92 Å². The summed E-state index contributed by atoms with van der Waals surface area (Å²) >= 11 is 7.31. The fourth-order valence-electron chi connectivity index (χ4n) is 2.05. The maximum absolute atomic E-state index is 11.0. The summed E-state index contributed by atoms with van der Waals surface area (Å²) in [5.74, 6) is 2.95. The first-order valence-electron chi connectivity index (χ1n) is 6.87. The third-order valence-electron chi connectivity index (χ3n) is 3.15. The molecule has 0 aliphatic heterocycles. The van der Waals surface area contributed by atoms with Crippen LogP contribution < -0.4 is 0 Å². The first-order valence-corrected chi connectivity index (χ1v) is 8.13. The summed E-state index contributed by atoms with van der Waals surface area (Å²) in [5, 5.41) is 0.357. The lowest BCUT2D eigenvalue weighted by molar-refractivity contribution is 0.0606. The van der Waals surface area contributed by atoms with Crippen molar-refractivity contribution < 1.29 is 9.53 Å². The monoisotopic (exact) mass is 312 g/mol. The van der Waals surface area contributed by atoms with Crippen molar-refractivity contribution in [1.29, 1.82) is 0 Å². The maximum atomic E-state index is 11.0. The molecule has 0 saturated heterocycles. The Hall–Kier alpha value is -0.980. The second-order valence-electron chi connectivity index (χ2n) is 4.78. The Kier molecular flexibility index (Phi) is 7.72. The van der Waals surface area contributed by atoms with Gasteiger partial charge < -0.3 is 4.74 Å². The molecular formula is C16H21ClO2S. The number of methoxy groups -OCH3 is 1. The van der Waals surface area contributed by atoms with E-state index in [1.54, 1.807) is 0 Å². The molecule has 1 fully saturated rings. The molecule has 1 heterocycles. The molecule has 0 N–H and O–H groups in total. The van der Waals surface area contributed by atoms with Crippen LogP contribution in [0.3, 0.4) is 0 Å². The molecule has 1 aromatic rings. The molecule has 2 rings (SSSR count). The van der Waals surface area contributed by atoms with E-state index in [2.05, 4.69) is 17.6 Å². The maximum Gasteiger partial charge on any atom is 0.348 e. The van der Waals surface area contributed by atoms with E-state index in [0.717, 1.165) is 32.1 Å². The molecule has 2 nitrogen and oxygen atoms in total. The lowest BCUT2D eigenvalue weighted by Crippen LogP contribution is -1.96. The van der Waals surface area contributed by atoms with Crippen LogP contribution in [0.2, 0.25) is 0 Å². The number of hydrogen-bond acceptors (Lipinski definition) is 3. The summed E-state index contributed by atoms with van der Waals surface area (Å²) in [6.07, 6.45) is 10.6. The second-order valence-corrected chi connectivity index (χ2v) is 6.57. The smallest absolute Gasteiger partial charge is 0.348 e. The van der Waals surface area contributed by atoms with Gasteiger partial charge >= 0.3 is 5.97 Å². The van der Waals surface area contributed by atoms with Gasteiger partial charge in [-0.05, 0) is 37.8 Å². The number of ether oxygens (including phenoxy) is 1. The topological polar surface area (TPSA) is 26.3 Å². The van der Waals surface area contributed by atoms with Crippen LogP contribution in [-0.4, -0.2) is 18.5 Å². The number of hydrogen-bond donors (Lipinski definition) is 0. The zero-order valence-corrected chi connectivity index (χ0v) is 13.6. The van der Waals surface area contributed by atoms with Crippen molar-refractivity contribution >= 4 is 28.9 Å². The second kappa shape index (κ2) is 9.05. The molecule has 1 aliphatic rings. The summed E-state index contributed by atoms with van der Waals surface area (Å²) in [5.41, 5.74) is 0. The summed E-state index contributed by atoms with van der Waals surface area (Å²) in [6.45, 7) is 2.12. The van der Waals surface area contributed by atoms with Gasteiger partial charge in [0.2, 0.25) is 0 Å². The molecule has 2 unspecified atom stereocenters. The van der Waals surface area contributed by atoms with E-state index < -0.39 is 0 Å². The highest BCUT2D eigenvalue weighted by molar-refractivity contribution is 7.13. The number of rotatable bonds is 3. The van der Waals surface area contributed by atoms with Crippen molar-refractivity contribution in [1.82, 2.24) is 0 Å². The van der Waals surface area contributed by atoms with Crippen LogP contribution in [0.4, 0.5) is 0 Å². The molecule has 2 atom stereocenters. The van der Waals surface area contributed by atoms with Gasteiger partial charge in [0, 0.05) is 16.2 Å². The van der Waals surface area contributed by atoms with E-state index in [-0.39, 0.29) is 5.97 Å². The summed E-state index contributed by atoms with van der Waals surface area (Å²) in [4.78, 5) is 13.0. The largest absolute Gasteiger partial charge is 0.465 e. The highest BCUT2D eigenvalue weighted by Crippen LogP contribution is 2.28. The van der Waals surface area contributed by atoms with Crippen molar-refractivity contribution in [2.45, 2.75) is 44.4 Å². The standard InChI is InChI=1S/C9H12O2S.C7H9Cl/c1-3-4-7-5-6-8(12-7)9(10)11-2;1-2-6-3-4-7(8)5-6/h5-6H,3-4H2,1-2H3;1,6-7H,3-5H2. The van der Waals surface area contributed by atoms with Gasteiger partial charge in [-0.3, -0.25) is 0 Å². The highest BCUT2D eigenvalue weighted by Gasteiger charge is 2.20. The third kappa shape index (κ3) is 5.56. The van der Waals surface area contributed by atoms with Crippen LogP contribution in [0.15, 0.2) is 12.1 Å². The van der Waals surface area contributed by atoms with E-state index in [4.69, 9.17) is 18.0 Å². The van der Waals surface area contributed by atoms with Gasteiger partial charge in [-0.2, -0.15) is 0 Å². The molecule has 0 amide bonds. The Bertz CT molecular complexity index is 461. The van der Waals surface area contributed by atoms with Crippen LogP contribution in [0, 0.1) is 18.3 Å². The summed E-state index contributed by atoms with van der Waals surface area (Å²) in [7, 11) is 1.40. The molecule has 0 radical (unpaired) electrons.